The second kappa shape index (κ2) is 7.98. The van der Waals surface area contributed by atoms with Crippen molar-refractivity contribution < 1.29 is 4.74 Å². The van der Waals surface area contributed by atoms with Crippen LogP contribution in [-0.4, -0.2) is 19.2 Å². The maximum absolute atomic E-state index is 6.04. The molecule has 1 saturated carbocycles. The SMILES string of the molecule is Clc1cccc(OCCCCCCNC2CC2)c1Cl. The molecular weight excluding hydrogens is 281 g/mol. The highest BCUT2D eigenvalue weighted by Crippen LogP contribution is 2.31. The zero-order valence-corrected chi connectivity index (χ0v) is 12.6. The van der Waals surface area contributed by atoms with Gasteiger partial charge < -0.3 is 10.1 Å². The molecule has 0 aliphatic heterocycles. The smallest absolute Gasteiger partial charge is 0.139 e. The van der Waals surface area contributed by atoms with Crippen LogP contribution in [0.3, 0.4) is 0 Å². The van der Waals surface area contributed by atoms with E-state index in [1.165, 1.54) is 32.1 Å². The van der Waals surface area contributed by atoms with Gasteiger partial charge in [0.1, 0.15) is 10.8 Å². The predicted octanol–water partition coefficient (Wildman–Crippen LogP) is 4.68. The maximum atomic E-state index is 6.04. The molecule has 1 aliphatic carbocycles. The number of hydrogen-bond acceptors (Lipinski definition) is 2. The van der Waals surface area contributed by atoms with Gasteiger partial charge in [-0.25, -0.2) is 0 Å². The third kappa shape index (κ3) is 5.60. The van der Waals surface area contributed by atoms with E-state index in [4.69, 9.17) is 27.9 Å². The fraction of sp³-hybridized carbons (Fsp3) is 0.600. The minimum absolute atomic E-state index is 0.512. The summed E-state index contributed by atoms with van der Waals surface area (Å²) >= 11 is 12.0. The standard InChI is InChI=1S/C15H21Cl2NO/c16-13-6-5-7-14(15(13)17)19-11-4-2-1-3-10-18-12-8-9-12/h5-7,12,18H,1-4,8-11H2. The molecule has 0 unspecified atom stereocenters. The van der Waals surface area contributed by atoms with E-state index in [1.807, 2.05) is 12.1 Å². The lowest BCUT2D eigenvalue weighted by molar-refractivity contribution is 0.304. The van der Waals surface area contributed by atoms with Gasteiger partial charge in [-0.05, 0) is 44.4 Å². The summed E-state index contributed by atoms with van der Waals surface area (Å²) < 4.78 is 5.64. The van der Waals surface area contributed by atoms with Gasteiger partial charge in [-0.2, -0.15) is 0 Å². The van der Waals surface area contributed by atoms with Crippen LogP contribution in [0.5, 0.6) is 5.75 Å². The minimum atomic E-state index is 0.512. The van der Waals surface area contributed by atoms with Crippen molar-refractivity contribution in [1.29, 1.82) is 0 Å². The van der Waals surface area contributed by atoms with Gasteiger partial charge in [0.15, 0.2) is 0 Å². The Hall–Kier alpha value is -0.440. The molecule has 4 heteroatoms. The van der Waals surface area contributed by atoms with E-state index in [0.717, 1.165) is 19.0 Å². The van der Waals surface area contributed by atoms with Crippen LogP contribution in [0.15, 0.2) is 18.2 Å². The number of benzene rings is 1. The number of rotatable bonds is 9. The molecule has 0 heterocycles. The lowest BCUT2D eigenvalue weighted by Gasteiger charge is -2.08. The molecule has 0 spiro atoms. The van der Waals surface area contributed by atoms with Crippen LogP contribution >= 0.6 is 23.2 Å². The summed E-state index contributed by atoms with van der Waals surface area (Å²) in [7, 11) is 0. The molecular formula is C15H21Cl2NO. The Morgan fingerprint density at radius 3 is 2.68 bits per heavy atom. The second-order valence-corrected chi connectivity index (χ2v) is 5.83. The second-order valence-electron chi connectivity index (χ2n) is 5.04. The van der Waals surface area contributed by atoms with Crippen molar-refractivity contribution in [3.63, 3.8) is 0 Å². The van der Waals surface area contributed by atoms with E-state index in [2.05, 4.69) is 5.32 Å². The molecule has 1 aromatic rings. The van der Waals surface area contributed by atoms with Crippen molar-refractivity contribution in [1.82, 2.24) is 5.32 Å². The summed E-state index contributed by atoms with van der Waals surface area (Å²) in [6, 6.07) is 6.30. The van der Waals surface area contributed by atoms with Crippen LogP contribution in [0.1, 0.15) is 38.5 Å². The molecule has 0 bridgehead atoms. The first-order valence-electron chi connectivity index (χ1n) is 7.07. The third-order valence-electron chi connectivity index (χ3n) is 3.26. The van der Waals surface area contributed by atoms with Crippen molar-refractivity contribution in [3.8, 4) is 5.75 Å². The van der Waals surface area contributed by atoms with Gasteiger partial charge in [-0.15, -0.1) is 0 Å². The van der Waals surface area contributed by atoms with Crippen molar-refractivity contribution in [2.45, 2.75) is 44.6 Å². The number of nitrogens with one attached hydrogen (secondary N) is 1. The van der Waals surface area contributed by atoms with Crippen molar-refractivity contribution in [3.05, 3.63) is 28.2 Å². The van der Waals surface area contributed by atoms with Crippen LogP contribution in [-0.2, 0) is 0 Å². The van der Waals surface area contributed by atoms with Gasteiger partial charge in [0.05, 0.1) is 11.6 Å². The first-order chi connectivity index (χ1) is 9.27. The molecule has 1 aromatic carbocycles. The average Bonchev–Trinajstić information content (AvgIpc) is 3.21. The van der Waals surface area contributed by atoms with Crippen LogP contribution in [0, 0.1) is 0 Å². The Bertz CT molecular complexity index is 394. The van der Waals surface area contributed by atoms with E-state index < -0.39 is 0 Å². The predicted molar refractivity (Wildman–Crippen MR) is 81.4 cm³/mol. The Morgan fingerprint density at radius 2 is 1.89 bits per heavy atom. The molecule has 1 fully saturated rings. The lowest BCUT2D eigenvalue weighted by Crippen LogP contribution is -2.17. The van der Waals surface area contributed by atoms with E-state index >= 15 is 0 Å². The highest BCUT2D eigenvalue weighted by Gasteiger charge is 2.19. The summed E-state index contributed by atoms with van der Waals surface area (Å²) in [6.07, 6.45) is 7.51. The lowest BCUT2D eigenvalue weighted by atomic mass is 10.2. The Kier molecular flexibility index (Phi) is 6.29. The van der Waals surface area contributed by atoms with Crippen molar-refractivity contribution in [2.75, 3.05) is 13.2 Å². The number of ether oxygens (including phenoxy) is 1. The number of hydrogen-bond donors (Lipinski definition) is 1. The molecule has 0 atom stereocenters. The van der Waals surface area contributed by atoms with Crippen molar-refractivity contribution in [2.24, 2.45) is 0 Å². The van der Waals surface area contributed by atoms with Gasteiger partial charge in [0.25, 0.3) is 0 Å². The molecule has 0 radical (unpaired) electrons. The summed E-state index contributed by atoms with van der Waals surface area (Å²) in [5, 5.41) is 4.58. The van der Waals surface area contributed by atoms with Crippen LogP contribution in [0.25, 0.3) is 0 Å². The van der Waals surface area contributed by atoms with Gasteiger partial charge >= 0.3 is 0 Å². The zero-order chi connectivity index (χ0) is 13.5. The number of unbranched alkanes of at least 4 members (excludes halogenated alkanes) is 3. The van der Waals surface area contributed by atoms with Gasteiger partial charge in [-0.3, -0.25) is 0 Å². The first kappa shape index (κ1) is 15.0. The van der Waals surface area contributed by atoms with E-state index in [0.29, 0.717) is 22.4 Å². The van der Waals surface area contributed by atoms with Gasteiger partial charge in [-0.1, -0.05) is 42.1 Å². The molecule has 19 heavy (non-hydrogen) atoms. The summed E-state index contributed by atoms with van der Waals surface area (Å²) in [5.41, 5.74) is 0. The summed E-state index contributed by atoms with van der Waals surface area (Å²) in [4.78, 5) is 0. The Labute approximate surface area is 125 Å². The van der Waals surface area contributed by atoms with Crippen LogP contribution < -0.4 is 10.1 Å². The summed E-state index contributed by atoms with van der Waals surface area (Å²) in [6.45, 7) is 1.86. The van der Waals surface area contributed by atoms with E-state index in [1.54, 1.807) is 6.07 Å². The molecule has 1 N–H and O–H groups in total. The zero-order valence-electron chi connectivity index (χ0n) is 11.1. The monoisotopic (exact) mass is 301 g/mol. The Balaban J connectivity index is 1.50. The molecule has 0 aromatic heterocycles. The van der Waals surface area contributed by atoms with Crippen LogP contribution in [0.2, 0.25) is 10.0 Å². The first-order valence-corrected chi connectivity index (χ1v) is 7.83. The fourth-order valence-electron chi connectivity index (χ4n) is 1.95. The highest BCUT2D eigenvalue weighted by molar-refractivity contribution is 6.42. The van der Waals surface area contributed by atoms with Crippen LogP contribution in [0.4, 0.5) is 0 Å². The molecule has 106 valence electrons. The summed E-state index contributed by atoms with van der Waals surface area (Å²) in [5.74, 6) is 0.685. The third-order valence-corrected chi connectivity index (χ3v) is 4.06. The highest BCUT2D eigenvalue weighted by atomic mass is 35.5. The van der Waals surface area contributed by atoms with Gasteiger partial charge in [0.2, 0.25) is 0 Å². The molecule has 2 rings (SSSR count). The molecule has 1 aliphatic rings. The molecule has 0 amide bonds. The molecule has 2 nitrogen and oxygen atoms in total. The average molecular weight is 302 g/mol. The topological polar surface area (TPSA) is 21.3 Å². The van der Waals surface area contributed by atoms with Gasteiger partial charge in [0, 0.05) is 6.04 Å². The largest absolute Gasteiger partial charge is 0.492 e. The molecule has 0 saturated heterocycles. The maximum Gasteiger partial charge on any atom is 0.139 e. The fourth-order valence-corrected chi connectivity index (χ4v) is 2.30. The minimum Gasteiger partial charge on any atom is -0.492 e. The van der Waals surface area contributed by atoms with E-state index in [-0.39, 0.29) is 0 Å². The number of halogens is 2. The quantitative estimate of drug-likeness (QED) is 0.668. The Morgan fingerprint density at radius 1 is 1.11 bits per heavy atom. The van der Waals surface area contributed by atoms with Crippen molar-refractivity contribution >= 4 is 23.2 Å². The normalized spacial score (nSPS) is 14.6. The van der Waals surface area contributed by atoms with E-state index in [9.17, 15) is 0 Å².